The van der Waals surface area contributed by atoms with Crippen LogP contribution in [0.4, 0.5) is 5.69 Å². The Morgan fingerprint density at radius 2 is 2.07 bits per heavy atom. The first-order chi connectivity index (χ1) is 13.2. The number of aromatic nitrogens is 3. The number of fused-ring (bicyclic) bond motifs is 1. The first-order valence-corrected chi connectivity index (χ1v) is 10.4. The molecule has 3 aromatic heterocycles. The summed E-state index contributed by atoms with van der Waals surface area (Å²) in [5, 5.41) is 6.73. The number of nitrogens with zero attached hydrogens (tertiary/aromatic N) is 3. The molecule has 27 heavy (non-hydrogen) atoms. The zero-order valence-corrected chi connectivity index (χ0v) is 16.4. The average Bonchev–Trinajstić information content (AvgIpc) is 3.28. The lowest BCUT2D eigenvalue weighted by atomic mass is 10.2. The van der Waals surface area contributed by atoms with Gasteiger partial charge in [0.15, 0.2) is 5.16 Å². The molecule has 0 spiro atoms. The Balaban J connectivity index is 1.36. The van der Waals surface area contributed by atoms with Crippen LogP contribution in [0.3, 0.4) is 0 Å². The Hall–Kier alpha value is -2.64. The van der Waals surface area contributed by atoms with Gasteiger partial charge in [-0.05, 0) is 30.7 Å². The monoisotopic (exact) mass is 394 g/mol. The van der Waals surface area contributed by atoms with Crippen LogP contribution in [0.5, 0.6) is 0 Å². The maximum atomic E-state index is 12.3. The van der Waals surface area contributed by atoms with Crippen LogP contribution in [0.15, 0.2) is 65.4 Å². The van der Waals surface area contributed by atoms with Crippen molar-refractivity contribution < 1.29 is 4.79 Å². The van der Waals surface area contributed by atoms with Crippen LogP contribution in [0.1, 0.15) is 16.3 Å². The van der Waals surface area contributed by atoms with Gasteiger partial charge in [0, 0.05) is 23.0 Å². The summed E-state index contributed by atoms with van der Waals surface area (Å²) in [4.78, 5) is 21.3. The van der Waals surface area contributed by atoms with Crippen molar-refractivity contribution >= 4 is 40.2 Å². The first kappa shape index (κ1) is 17.8. The van der Waals surface area contributed by atoms with Crippen LogP contribution in [0.2, 0.25) is 0 Å². The highest BCUT2D eigenvalue weighted by Crippen LogP contribution is 2.24. The zero-order chi connectivity index (χ0) is 18.6. The van der Waals surface area contributed by atoms with E-state index >= 15 is 0 Å². The molecular weight excluding hydrogens is 376 g/mol. The van der Waals surface area contributed by atoms with E-state index in [9.17, 15) is 4.79 Å². The van der Waals surface area contributed by atoms with E-state index in [0.717, 1.165) is 38.4 Å². The quantitative estimate of drug-likeness (QED) is 0.487. The Labute approximate surface area is 165 Å². The number of amides is 1. The SMILES string of the molecule is Cc1ccccc1NC(=O)Cc1nc(CSc2ncc3ccccn23)cs1. The molecule has 0 radical (unpaired) electrons. The molecule has 1 amide bonds. The van der Waals surface area contributed by atoms with Gasteiger partial charge in [0.2, 0.25) is 5.91 Å². The fraction of sp³-hybridized carbons (Fsp3) is 0.150. The molecule has 5 nitrogen and oxygen atoms in total. The standard InChI is InChI=1S/C20H18N4OS2/c1-14-6-2-3-8-17(14)23-18(25)10-19-22-15(12-26-19)13-27-20-21-11-16-7-4-5-9-24(16)20/h2-9,11-12H,10,13H2,1H3,(H,23,25). The number of anilines is 1. The number of imidazole rings is 1. The molecule has 0 saturated carbocycles. The third kappa shape index (κ3) is 4.20. The van der Waals surface area contributed by atoms with Gasteiger partial charge in [0.05, 0.1) is 23.8 Å². The number of rotatable bonds is 6. The Kier molecular flexibility index (Phi) is 5.22. The third-order valence-corrected chi connectivity index (χ3v) is 5.98. The minimum absolute atomic E-state index is 0.0443. The largest absolute Gasteiger partial charge is 0.325 e. The second-order valence-corrected chi connectivity index (χ2v) is 7.98. The van der Waals surface area contributed by atoms with E-state index in [4.69, 9.17) is 0 Å². The molecule has 0 bridgehead atoms. The molecule has 0 aliphatic heterocycles. The van der Waals surface area contributed by atoms with Gasteiger partial charge in [0.25, 0.3) is 0 Å². The average molecular weight is 395 g/mol. The lowest BCUT2D eigenvalue weighted by Crippen LogP contribution is -2.15. The number of hydrogen-bond donors (Lipinski definition) is 1. The molecule has 3 heterocycles. The minimum atomic E-state index is -0.0443. The van der Waals surface area contributed by atoms with Gasteiger partial charge in [0.1, 0.15) is 5.01 Å². The normalized spacial score (nSPS) is 11.0. The Morgan fingerprint density at radius 1 is 1.22 bits per heavy atom. The third-order valence-electron chi connectivity index (χ3n) is 4.08. The Morgan fingerprint density at radius 3 is 2.96 bits per heavy atom. The highest BCUT2D eigenvalue weighted by molar-refractivity contribution is 7.98. The summed E-state index contributed by atoms with van der Waals surface area (Å²) in [6, 6.07) is 13.8. The highest BCUT2D eigenvalue weighted by atomic mass is 32.2. The molecule has 4 aromatic rings. The molecule has 1 N–H and O–H groups in total. The van der Waals surface area contributed by atoms with Crippen molar-refractivity contribution in [3.8, 4) is 0 Å². The van der Waals surface area contributed by atoms with E-state index < -0.39 is 0 Å². The van der Waals surface area contributed by atoms with E-state index in [1.807, 2.05) is 67.2 Å². The van der Waals surface area contributed by atoms with Gasteiger partial charge in [-0.25, -0.2) is 9.97 Å². The van der Waals surface area contributed by atoms with E-state index in [-0.39, 0.29) is 12.3 Å². The van der Waals surface area contributed by atoms with E-state index in [2.05, 4.69) is 19.7 Å². The second-order valence-electron chi connectivity index (χ2n) is 6.10. The van der Waals surface area contributed by atoms with Crippen LogP contribution in [0.25, 0.3) is 5.52 Å². The lowest BCUT2D eigenvalue weighted by Gasteiger charge is -2.06. The summed E-state index contributed by atoms with van der Waals surface area (Å²) >= 11 is 3.16. The van der Waals surface area contributed by atoms with E-state index in [0.29, 0.717) is 0 Å². The summed E-state index contributed by atoms with van der Waals surface area (Å²) in [6.07, 6.45) is 4.16. The maximum absolute atomic E-state index is 12.3. The van der Waals surface area contributed by atoms with Crippen LogP contribution >= 0.6 is 23.1 Å². The number of nitrogens with one attached hydrogen (secondary N) is 1. The van der Waals surface area contributed by atoms with Crippen LogP contribution in [-0.4, -0.2) is 20.3 Å². The summed E-state index contributed by atoms with van der Waals surface area (Å²) < 4.78 is 2.06. The van der Waals surface area contributed by atoms with Gasteiger partial charge >= 0.3 is 0 Å². The van der Waals surface area contributed by atoms with Crippen molar-refractivity contribution in [2.45, 2.75) is 24.3 Å². The van der Waals surface area contributed by atoms with Gasteiger partial charge in [-0.2, -0.15) is 0 Å². The van der Waals surface area contributed by atoms with Gasteiger partial charge in [-0.1, -0.05) is 36.0 Å². The van der Waals surface area contributed by atoms with Gasteiger partial charge in [-0.15, -0.1) is 11.3 Å². The summed E-state index contributed by atoms with van der Waals surface area (Å²) in [5.74, 6) is 0.682. The number of aryl methyl sites for hydroxylation is 1. The smallest absolute Gasteiger partial charge is 0.231 e. The predicted octanol–water partition coefficient (Wildman–Crippen LogP) is 4.57. The second kappa shape index (κ2) is 7.94. The predicted molar refractivity (Wildman–Crippen MR) is 110 cm³/mol. The maximum Gasteiger partial charge on any atom is 0.231 e. The molecule has 0 fully saturated rings. The number of thioether (sulfide) groups is 1. The highest BCUT2D eigenvalue weighted by Gasteiger charge is 2.11. The van der Waals surface area contributed by atoms with Crippen molar-refractivity contribution in [3.05, 3.63) is 76.5 Å². The fourth-order valence-corrected chi connectivity index (χ4v) is 4.46. The number of pyridine rings is 1. The summed E-state index contributed by atoms with van der Waals surface area (Å²) in [6.45, 7) is 1.98. The van der Waals surface area contributed by atoms with Crippen molar-refractivity contribution in [2.75, 3.05) is 5.32 Å². The molecule has 0 aliphatic rings. The fourth-order valence-electron chi connectivity index (χ4n) is 2.71. The van der Waals surface area contributed by atoms with E-state index in [1.54, 1.807) is 11.8 Å². The summed E-state index contributed by atoms with van der Waals surface area (Å²) in [5.41, 5.74) is 3.94. The van der Waals surface area contributed by atoms with Crippen LogP contribution in [-0.2, 0) is 17.0 Å². The minimum Gasteiger partial charge on any atom is -0.325 e. The van der Waals surface area contributed by atoms with Crippen LogP contribution in [0, 0.1) is 6.92 Å². The lowest BCUT2D eigenvalue weighted by molar-refractivity contribution is -0.115. The van der Waals surface area contributed by atoms with Crippen molar-refractivity contribution in [1.29, 1.82) is 0 Å². The molecule has 0 unspecified atom stereocenters. The van der Waals surface area contributed by atoms with Gasteiger partial charge in [-0.3, -0.25) is 9.20 Å². The number of para-hydroxylation sites is 1. The number of thiazole rings is 1. The van der Waals surface area contributed by atoms with Crippen molar-refractivity contribution in [3.63, 3.8) is 0 Å². The summed E-state index contributed by atoms with van der Waals surface area (Å²) in [7, 11) is 0. The first-order valence-electron chi connectivity index (χ1n) is 8.53. The molecule has 136 valence electrons. The molecule has 0 saturated heterocycles. The molecule has 7 heteroatoms. The van der Waals surface area contributed by atoms with Crippen LogP contribution < -0.4 is 5.32 Å². The Bertz CT molecular complexity index is 1090. The molecular formula is C20H18N4OS2. The number of hydrogen-bond acceptors (Lipinski definition) is 5. The van der Waals surface area contributed by atoms with Gasteiger partial charge < -0.3 is 5.32 Å². The number of benzene rings is 1. The van der Waals surface area contributed by atoms with Crippen molar-refractivity contribution in [2.24, 2.45) is 0 Å². The number of carbonyl (C=O) groups excluding carboxylic acids is 1. The van der Waals surface area contributed by atoms with E-state index in [1.165, 1.54) is 11.3 Å². The topological polar surface area (TPSA) is 59.3 Å². The molecule has 1 aromatic carbocycles. The zero-order valence-electron chi connectivity index (χ0n) is 14.8. The molecule has 4 rings (SSSR count). The molecule has 0 aliphatic carbocycles. The van der Waals surface area contributed by atoms with Crippen molar-refractivity contribution in [1.82, 2.24) is 14.4 Å². The molecule has 0 atom stereocenters. The number of carbonyl (C=O) groups is 1.